The number of rotatable bonds is 3. The van der Waals surface area contributed by atoms with Gasteiger partial charge < -0.3 is 10.6 Å². The molecule has 152 valence electrons. The molecule has 1 aromatic carbocycles. The van der Waals surface area contributed by atoms with Crippen molar-refractivity contribution >= 4 is 23.5 Å². The van der Waals surface area contributed by atoms with E-state index in [1.165, 1.54) is 0 Å². The van der Waals surface area contributed by atoms with Crippen LogP contribution >= 0.6 is 0 Å². The second-order valence-electron chi connectivity index (χ2n) is 8.53. The van der Waals surface area contributed by atoms with Crippen LogP contribution in [-0.4, -0.2) is 34.8 Å². The van der Waals surface area contributed by atoms with Crippen molar-refractivity contribution in [3.63, 3.8) is 0 Å². The number of halogens is 3. The van der Waals surface area contributed by atoms with E-state index in [-0.39, 0.29) is 11.3 Å². The molecule has 1 aliphatic carbocycles. The zero-order chi connectivity index (χ0) is 20.9. The Labute approximate surface area is 160 Å². The molecule has 2 atom stereocenters. The van der Waals surface area contributed by atoms with Crippen molar-refractivity contribution in [2.45, 2.75) is 45.6 Å². The van der Waals surface area contributed by atoms with Crippen molar-refractivity contribution < 1.29 is 27.6 Å². The van der Waals surface area contributed by atoms with Gasteiger partial charge in [-0.15, -0.1) is 0 Å². The average Bonchev–Trinajstić information content (AvgIpc) is 2.77. The molecule has 2 fully saturated rings. The molecule has 28 heavy (non-hydrogen) atoms. The number of carbonyl (C=O) groups excluding carboxylic acids is 3. The summed E-state index contributed by atoms with van der Waals surface area (Å²) >= 11 is 0. The molecule has 0 unspecified atom stereocenters. The van der Waals surface area contributed by atoms with Gasteiger partial charge >= 0.3 is 6.03 Å². The summed E-state index contributed by atoms with van der Waals surface area (Å²) in [5.41, 5.74) is -1.79. The molecule has 1 aliphatic heterocycles. The molecule has 1 aromatic rings. The fourth-order valence-corrected chi connectivity index (χ4v) is 4.61. The summed E-state index contributed by atoms with van der Waals surface area (Å²) in [5, 5.41) is 4.79. The molecule has 6 nitrogen and oxygen atoms in total. The summed E-state index contributed by atoms with van der Waals surface area (Å²) in [5.74, 6) is -5.85. The van der Waals surface area contributed by atoms with Gasteiger partial charge in [-0.1, -0.05) is 20.8 Å². The Hall–Kier alpha value is -2.58. The van der Waals surface area contributed by atoms with Gasteiger partial charge in [0.1, 0.15) is 12.1 Å². The third-order valence-corrected chi connectivity index (χ3v) is 5.24. The minimum atomic E-state index is -1.72. The van der Waals surface area contributed by atoms with Crippen LogP contribution < -0.4 is 10.6 Å². The molecule has 2 N–H and O–H groups in total. The number of nitrogens with zero attached hydrogens (tertiary/aromatic N) is 1. The van der Waals surface area contributed by atoms with Crippen LogP contribution in [0.5, 0.6) is 0 Å². The highest BCUT2D eigenvalue weighted by atomic mass is 19.2. The van der Waals surface area contributed by atoms with Crippen LogP contribution in [0, 0.1) is 28.8 Å². The number of urea groups is 1. The largest absolute Gasteiger partial charge is 0.325 e. The van der Waals surface area contributed by atoms with Crippen LogP contribution in [0.25, 0.3) is 0 Å². The molecule has 9 heteroatoms. The van der Waals surface area contributed by atoms with Crippen molar-refractivity contribution in [2.75, 3.05) is 11.9 Å². The van der Waals surface area contributed by atoms with E-state index in [4.69, 9.17) is 0 Å². The van der Waals surface area contributed by atoms with E-state index < -0.39 is 53.1 Å². The Bertz CT molecular complexity index is 858. The van der Waals surface area contributed by atoms with Crippen LogP contribution in [0.4, 0.5) is 23.7 Å². The number of nitrogens with one attached hydrogen (secondary N) is 2. The van der Waals surface area contributed by atoms with Crippen molar-refractivity contribution in [3.8, 4) is 0 Å². The van der Waals surface area contributed by atoms with Crippen LogP contribution in [-0.2, 0) is 9.59 Å². The first-order valence-electron chi connectivity index (χ1n) is 9.02. The van der Waals surface area contributed by atoms with E-state index in [2.05, 4.69) is 10.6 Å². The van der Waals surface area contributed by atoms with Crippen molar-refractivity contribution in [2.24, 2.45) is 11.3 Å². The Morgan fingerprint density at radius 2 is 1.89 bits per heavy atom. The van der Waals surface area contributed by atoms with E-state index >= 15 is 0 Å². The van der Waals surface area contributed by atoms with Crippen LogP contribution in [0.3, 0.4) is 0 Å². The molecule has 1 saturated heterocycles. The summed E-state index contributed by atoms with van der Waals surface area (Å²) in [6, 6.07) is 0.836. The molecule has 1 heterocycles. The van der Waals surface area contributed by atoms with Gasteiger partial charge in [0, 0.05) is 0 Å². The number of hydrogen-bond donors (Lipinski definition) is 2. The van der Waals surface area contributed by atoms with Gasteiger partial charge in [0.25, 0.3) is 5.91 Å². The van der Waals surface area contributed by atoms with E-state index in [9.17, 15) is 27.6 Å². The van der Waals surface area contributed by atoms with Gasteiger partial charge in [-0.05, 0) is 42.7 Å². The molecule has 2 aliphatic rings. The number of carbonyl (C=O) groups is 3. The summed E-state index contributed by atoms with van der Waals surface area (Å²) in [4.78, 5) is 38.3. The molecule has 0 bridgehead atoms. The van der Waals surface area contributed by atoms with E-state index in [1.54, 1.807) is 0 Å². The fourth-order valence-electron chi connectivity index (χ4n) is 4.61. The van der Waals surface area contributed by atoms with Crippen molar-refractivity contribution in [1.29, 1.82) is 0 Å². The van der Waals surface area contributed by atoms with Gasteiger partial charge in [-0.2, -0.15) is 0 Å². The predicted octanol–water partition coefficient (Wildman–Crippen LogP) is 3.18. The highest BCUT2D eigenvalue weighted by Gasteiger charge is 2.56. The third kappa shape index (κ3) is 3.57. The first-order valence-corrected chi connectivity index (χ1v) is 9.02. The lowest BCUT2D eigenvalue weighted by Gasteiger charge is -2.43. The summed E-state index contributed by atoms with van der Waals surface area (Å²) in [6.45, 7) is 5.39. The zero-order valence-electron chi connectivity index (χ0n) is 15.9. The maximum absolute atomic E-state index is 13.7. The lowest BCUT2D eigenvalue weighted by molar-refractivity contribution is -0.136. The SMILES string of the molecule is C[C@H]1CC(C)(C)C[C@@]2(C1)NC(=O)N(CC(=O)Nc1ccc(F)c(F)c1F)C2=O. The number of hydrogen-bond acceptors (Lipinski definition) is 3. The lowest BCUT2D eigenvalue weighted by Crippen LogP contribution is -2.54. The first kappa shape index (κ1) is 20.2. The lowest BCUT2D eigenvalue weighted by atomic mass is 9.64. The van der Waals surface area contributed by atoms with Gasteiger partial charge in [0.15, 0.2) is 17.5 Å². The molecular formula is C19H22F3N3O3. The Morgan fingerprint density at radius 3 is 2.54 bits per heavy atom. The second-order valence-corrected chi connectivity index (χ2v) is 8.53. The van der Waals surface area contributed by atoms with Crippen molar-refractivity contribution in [3.05, 3.63) is 29.6 Å². The number of anilines is 1. The minimum Gasteiger partial charge on any atom is -0.323 e. The Kier molecular flexibility index (Phi) is 4.89. The van der Waals surface area contributed by atoms with Gasteiger partial charge in [-0.3, -0.25) is 14.5 Å². The maximum Gasteiger partial charge on any atom is 0.325 e. The third-order valence-electron chi connectivity index (χ3n) is 5.24. The molecule has 3 rings (SSSR count). The highest BCUT2D eigenvalue weighted by Crippen LogP contribution is 2.46. The number of imide groups is 1. The van der Waals surface area contributed by atoms with Crippen molar-refractivity contribution in [1.82, 2.24) is 10.2 Å². The van der Waals surface area contributed by atoms with Gasteiger partial charge in [-0.25, -0.2) is 18.0 Å². The van der Waals surface area contributed by atoms with E-state index in [1.807, 2.05) is 20.8 Å². The molecule has 4 amide bonds. The van der Waals surface area contributed by atoms with Gasteiger partial charge in [0.05, 0.1) is 5.69 Å². The highest BCUT2D eigenvalue weighted by molar-refractivity contribution is 6.10. The number of amides is 4. The molecule has 0 aromatic heterocycles. The molecule has 0 radical (unpaired) electrons. The van der Waals surface area contributed by atoms with E-state index in [0.717, 1.165) is 17.4 Å². The Morgan fingerprint density at radius 1 is 1.21 bits per heavy atom. The summed E-state index contributed by atoms with van der Waals surface area (Å²) in [7, 11) is 0. The topological polar surface area (TPSA) is 78.5 Å². The minimum absolute atomic E-state index is 0.159. The molecular weight excluding hydrogens is 375 g/mol. The monoisotopic (exact) mass is 397 g/mol. The standard InChI is InChI=1S/C19H22F3N3O3/c1-10-6-18(2,3)9-19(7-10)16(27)25(17(28)24-19)8-13(26)23-12-5-4-11(20)14(21)15(12)22/h4-5,10H,6-9H2,1-3H3,(H,23,26)(H,24,28)/t10-,19+/m0/s1. The first-order chi connectivity index (χ1) is 12.9. The second kappa shape index (κ2) is 6.79. The van der Waals surface area contributed by atoms with E-state index in [0.29, 0.717) is 18.9 Å². The Balaban J connectivity index is 1.74. The quantitative estimate of drug-likeness (QED) is 0.607. The smallest absolute Gasteiger partial charge is 0.323 e. The van der Waals surface area contributed by atoms with Crippen LogP contribution in [0.2, 0.25) is 0 Å². The predicted molar refractivity (Wildman–Crippen MR) is 94.7 cm³/mol. The molecule has 1 saturated carbocycles. The van der Waals surface area contributed by atoms with Crippen LogP contribution in [0.1, 0.15) is 40.0 Å². The fraction of sp³-hybridized carbons (Fsp3) is 0.526. The van der Waals surface area contributed by atoms with Gasteiger partial charge in [0.2, 0.25) is 5.91 Å². The normalized spacial score (nSPS) is 26.5. The van der Waals surface area contributed by atoms with Crippen LogP contribution in [0.15, 0.2) is 12.1 Å². The maximum atomic E-state index is 13.7. The average molecular weight is 397 g/mol. The zero-order valence-corrected chi connectivity index (χ0v) is 15.9. The summed E-state index contributed by atoms with van der Waals surface area (Å²) in [6.07, 6.45) is 1.83. The summed E-state index contributed by atoms with van der Waals surface area (Å²) < 4.78 is 40.0. The number of benzene rings is 1. The molecule has 1 spiro atoms.